The van der Waals surface area contributed by atoms with Crippen LogP contribution >= 0.6 is 11.3 Å². The van der Waals surface area contributed by atoms with Gasteiger partial charge in [0.15, 0.2) is 0 Å². The van der Waals surface area contributed by atoms with Crippen LogP contribution in [0.1, 0.15) is 0 Å². The van der Waals surface area contributed by atoms with Crippen LogP contribution in [0.5, 0.6) is 0 Å². The lowest BCUT2D eigenvalue weighted by atomic mass is 9.96. The fourth-order valence-electron chi connectivity index (χ4n) is 5.59. The predicted molar refractivity (Wildman–Crippen MR) is 141 cm³/mol. The fourth-order valence-corrected chi connectivity index (χ4v) is 6.95. The van der Waals surface area contributed by atoms with Crippen LogP contribution < -0.4 is 0 Å². The maximum Gasteiger partial charge on any atom is 0.0653 e. The molecular formula is C30H17NS. The van der Waals surface area contributed by atoms with E-state index < -0.39 is 0 Å². The summed E-state index contributed by atoms with van der Waals surface area (Å²) in [5.74, 6) is 0. The maximum atomic E-state index is 3.82. The van der Waals surface area contributed by atoms with Crippen molar-refractivity contribution in [2.75, 3.05) is 0 Å². The highest BCUT2D eigenvalue weighted by Crippen LogP contribution is 2.48. The van der Waals surface area contributed by atoms with Crippen LogP contribution in [0, 0.1) is 0 Å². The minimum atomic E-state index is 1.21. The summed E-state index contributed by atoms with van der Waals surface area (Å²) in [6, 6.07) is 35.4. The van der Waals surface area contributed by atoms with Gasteiger partial charge < -0.3 is 4.98 Å². The minimum absolute atomic E-state index is 1.21. The Kier molecular flexibility index (Phi) is 3.08. The quantitative estimate of drug-likeness (QED) is 0.250. The molecule has 0 aliphatic rings. The van der Waals surface area contributed by atoms with Crippen LogP contribution in [0.4, 0.5) is 0 Å². The van der Waals surface area contributed by atoms with Gasteiger partial charge in [0.1, 0.15) is 0 Å². The lowest BCUT2D eigenvalue weighted by molar-refractivity contribution is 1.58. The third-order valence-electron chi connectivity index (χ3n) is 6.96. The molecule has 0 amide bonds. The molecule has 2 heterocycles. The summed E-state index contributed by atoms with van der Waals surface area (Å²) in [6.07, 6.45) is 0. The van der Waals surface area contributed by atoms with E-state index in [4.69, 9.17) is 0 Å². The SMILES string of the molecule is c1ccc2c(c1)ccc1c2sc2c3[nH]c4ccc5ccccc5c4c3c3ccccc3c12. The molecular weight excluding hydrogens is 406 g/mol. The van der Waals surface area contributed by atoms with Gasteiger partial charge >= 0.3 is 0 Å². The van der Waals surface area contributed by atoms with Gasteiger partial charge in [-0.25, -0.2) is 0 Å². The van der Waals surface area contributed by atoms with Crippen LogP contribution in [-0.4, -0.2) is 4.98 Å². The number of H-pyrrole nitrogens is 1. The zero-order valence-corrected chi connectivity index (χ0v) is 18.0. The second-order valence-corrected chi connectivity index (χ2v) is 9.62. The van der Waals surface area contributed by atoms with Crippen molar-refractivity contribution in [1.29, 1.82) is 0 Å². The first-order valence-electron chi connectivity index (χ1n) is 11.0. The van der Waals surface area contributed by atoms with Gasteiger partial charge in [-0.15, -0.1) is 11.3 Å². The largest absolute Gasteiger partial charge is 0.353 e. The first-order chi connectivity index (χ1) is 15.9. The molecule has 1 nitrogen and oxygen atoms in total. The summed E-state index contributed by atoms with van der Waals surface area (Å²) in [5, 5.41) is 13.3. The zero-order chi connectivity index (χ0) is 20.8. The number of fused-ring (bicyclic) bond motifs is 14. The molecule has 6 aromatic carbocycles. The molecule has 0 fully saturated rings. The highest BCUT2D eigenvalue weighted by molar-refractivity contribution is 7.27. The van der Waals surface area contributed by atoms with Crippen molar-refractivity contribution in [1.82, 2.24) is 4.98 Å². The highest BCUT2D eigenvalue weighted by atomic mass is 32.1. The molecule has 0 bridgehead atoms. The van der Waals surface area contributed by atoms with Gasteiger partial charge in [-0.05, 0) is 38.4 Å². The summed E-state index contributed by atoms with van der Waals surface area (Å²) in [7, 11) is 0. The molecule has 32 heavy (non-hydrogen) atoms. The van der Waals surface area contributed by atoms with Crippen LogP contribution in [-0.2, 0) is 0 Å². The second-order valence-electron chi connectivity index (χ2n) is 8.60. The van der Waals surface area contributed by atoms with E-state index in [-0.39, 0.29) is 0 Å². The van der Waals surface area contributed by atoms with Crippen molar-refractivity contribution in [3.8, 4) is 0 Å². The number of aromatic nitrogens is 1. The monoisotopic (exact) mass is 423 g/mol. The number of nitrogens with one attached hydrogen (secondary N) is 1. The van der Waals surface area contributed by atoms with Crippen molar-refractivity contribution in [3.63, 3.8) is 0 Å². The first-order valence-corrected chi connectivity index (χ1v) is 11.8. The van der Waals surface area contributed by atoms with E-state index in [1.807, 2.05) is 11.3 Å². The number of rotatable bonds is 0. The number of aromatic amines is 1. The Morgan fingerprint density at radius 2 is 1.06 bits per heavy atom. The molecule has 0 saturated heterocycles. The second kappa shape index (κ2) is 5.87. The van der Waals surface area contributed by atoms with Crippen molar-refractivity contribution in [3.05, 3.63) is 97.1 Å². The summed E-state index contributed by atoms with van der Waals surface area (Å²) < 4.78 is 2.73. The Hall–Kier alpha value is -3.88. The van der Waals surface area contributed by atoms with Crippen LogP contribution in [0.3, 0.4) is 0 Å². The van der Waals surface area contributed by atoms with Crippen molar-refractivity contribution >= 4 is 85.6 Å². The summed E-state index contributed by atoms with van der Waals surface area (Å²) in [6.45, 7) is 0. The molecule has 0 aliphatic heterocycles. The molecule has 0 radical (unpaired) electrons. The number of thiophene rings is 1. The summed E-state index contributed by atoms with van der Waals surface area (Å²) in [4.78, 5) is 3.82. The van der Waals surface area contributed by atoms with Crippen LogP contribution in [0.2, 0.25) is 0 Å². The van der Waals surface area contributed by atoms with Crippen LogP contribution in [0.15, 0.2) is 97.1 Å². The van der Waals surface area contributed by atoms with Crippen molar-refractivity contribution in [2.24, 2.45) is 0 Å². The van der Waals surface area contributed by atoms with Gasteiger partial charge in [0.05, 0.1) is 10.2 Å². The Morgan fingerprint density at radius 1 is 0.438 bits per heavy atom. The summed E-state index contributed by atoms with van der Waals surface area (Å²) in [5.41, 5.74) is 2.47. The minimum Gasteiger partial charge on any atom is -0.353 e. The van der Waals surface area contributed by atoms with Gasteiger partial charge in [0.2, 0.25) is 0 Å². The van der Waals surface area contributed by atoms with Gasteiger partial charge in [-0.1, -0.05) is 91.0 Å². The Bertz CT molecular complexity index is 2040. The normalized spacial score (nSPS) is 12.4. The lowest BCUT2D eigenvalue weighted by Crippen LogP contribution is -1.79. The Morgan fingerprint density at radius 3 is 1.88 bits per heavy atom. The van der Waals surface area contributed by atoms with Crippen LogP contribution in [0.25, 0.3) is 74.3 Å². The molecule has 0 atom stereocenters. The van der Waals surface area contributed by atoms with E-state index in [9.17, 15) is 0 Å². The van der Waals surface area contributed by atoms with Gasteiger partial charge in [0.25, 0.3) is 0 Å². The topological polar surface area (TPSA) is 15.8 Å². The van der Waals surface area contributed by atoms with Gasteiger partial charge in [-0.3, -0.25) is 0 Å². The van der Waals surface area contributed by atoms with E-state index in [2.05, 4.69) is 102 Å². The molecule has 0 saturated carbocycles. The van der Waals surface area contributed by atoms with E-state index in [0.717, 1.165) is 0 Å². The van der Waals surface area contributed by atoms with E-state index >= 15 is 0 Å². The maximum absolute atomic E-state index is 3.82. The number of hydrogen-bond donors (Lipinski definition) is 1. The van der Waals surface area contributed by atoms with Gasteiger partial charge in [-0.2, -0.15) is 0 Å². The first kappa shape index (κ1) is 16.8. The molecule has 8 rings (SSSR count). The molecule has 148 valence electrons. The number of hydrogen-bond acceptors (Lipinski definition) is 1. The van der Waals surface area contributed by atoms with Gasteiger partial charge in [0, 0.05) is 31.8 Å². The number of benzene rings is 6. The van der Waals surface area contributed by atoms with Crippen molar-refractivity contribution < 1.29 is 0 Å². The highest BCUT2D eigenvalue weighted by Gasteiger charge is 2.19. The molecule has 2 aromatic heterocycles. The van der Waals surface area contributed by atoms with E-state index in [0.29, 0.717) is 0 Å². The molecule has 1 N–H and O–H groups in total. The lowest BCUT2D eigenvalue weighted by Gasteiger charge is -2.06. The predicted octanol–water partition coefficient (Wildman–Crippen LogP) is 9.15. The van der Waals surface area contributed by atoms with E-state index in [1.54, 1.807) is 0 Å². The molecule has 2 heteroatoms. The summed E-state index contributed by atoms with van der Waals surface area (Å²) >= 11 is 1.92. The third kappa shape index (κ3) is 1.99. The Balaban J connectivity index is 1.73. The van der Waals surface area contributed by atoms with E-state index in [1.165, 1.54) is 74.3 Å². The standard InChI is InChI=1S/C30H17NS/c1-3-9-19-17(7-1)14-16-24-26(19)27-22-12-6-5-11-21(22)25-23-15-13-18-8-2-4-10-20(18)29(23)32-30(25)28(27)31-24/h1-16,31H. The molecule has 0 spiro atoms. The Labute approximate surface area is 187 Å². The molecule has 8 aromatic rings. The fraction of sp³-hybridized carbons (Fsp3) is 0. The average molecular weight is 424 g/mol. The zero-order valence-electron chi connectivity index (χ0n) is 17.1. The average Bonchev–Trinajstić information content (AvgIpc) is 3.44. The van der Waals surface area contributed by atoms with Crippen molar-refractivity contribution in [2.45, 2.75) is 0 Å². The smallest absolute Gasteiger partial charge is 0.0653 e. The third-order valence-corrected chi connectivity index (χ3v) is 8.22. The molecule has 0 aliphatic carbocycles. The molecule has 0 unspecified atom stereocenters.